The summed E-state index contributed by atoms with van der Waals surface area (Å²) in [5, 5.41) is 0. The topological polar surface area (TPSA) is 66.5 Å². The first-order valence-electron chi connectivity index (χ1n) is 7.72. The lowest BCUT2D eigenvalue weighted by Gasteiger charge is -2.36. The molecule has 1 N–H and O–H groups in total. The molecule has 0 aromatic carbocycles. The summed E-state index contributed by atoms with van der Waals surface area (Å²) in [5.74, 6) is 1.81. The standard InChI is InChI=1S/C14H24N2O3S/c1-20(18,19)15-9-10-5-2-3-8-16(10)14(17)13-11-6-4-7-12(11)13/h10-13,15H,2-9H2,1H3. The molecule has 3 atom stereocenters. The van der Waals surface area contributed by atoms with Crippen molar-refractivity contribution in [3.8, 4) is 0 Å². The second kappa shape index (κ2) is 5.30. The van der Waals surface area contributed by atoms with Gasteiger partial charge >= 0.3 is 0 Å². The molecule has 3 rings (SSSR count). The number of amides is 1. The number of sulfonamides is 1. The van der Waals surface area contributed by atoms with Crippen molar-refractivity contribution in [3.63, 3.8) is 0 Å². The average molecular weight is 300 g/mol. The zero-order valence-electron chi connectivity index (χ0n) is 12.0. The molecule has 0 spiro atoms. The summed E-state index contributed by atoms with van der Waals surface area (Å²) in [5.41, 5.74) is 0. The fourth-order valence-electron chi connectivity index (χ4n) is 4.13. The Labute approximate surface area is 121 Å². The van der Waals surface area contributed by atoms with Gasteiger partial charge in [0.2, 0.25) is 15.9 Å². The molecular formula is C14H24N2O3S. The van der Waals surface area contributed by atoms with Crippen molar-refractivity contribution in [2.24, 2.45) is 17.8 Å². The minimum Gasteiger partial charge on any atom is -0.338 e. The van der Waals surface area contributed by atoms with E-state index >= 15 is 0 Å². The molecule has 3 aliphatic rings. The van der Waals surface area contributed by atoms with Gasteiger partial charge in [0.05, 0.1) is 6.26 Å². The second-order valence-corrected chi connectivity index (χ2v) is 8.42. The number of fused-ring (bicyclic) bond motifs is 1. The van der Waals surface area contributed by atoms with E-state index in [4.69, 9.17) is 0 Å². The molecule has 0 aromatic heterocycles. The second-order valence-electron chi connectivity index (χ2n) is 6.59. The van der Waals surface area contributed by atoms with Crippen LogP contribution in [0.4, 0.5) is 0 Å². The van der Waals surface area contributed by atoms with Crippen LogP contribution in [0.25, 0.3) is 0 Å². The molecule has 6 heteroatoms. The summed E-state index contributed by atoms with van der Waals surface area (Å²) < 4.78 is 25.0. The highest BCUT2D eigenvalue weighted by atomic mass is 32.2. The number of rotatable bonds is 4. The molecule has 1 amide bonds. The molecule has 1 saturated heterocycles. The summed E-state index contributed by atoms with van der Waals surface area (Å²) in [6, 6.07) is 0.0484. The van der Waals surface area contributed by atoms with Crippen molar-refractivity contribution < 1.29 is 13.2 Å². The van der Waals surface area contributed by atoms with Crippen LogP contribution in [0.1, 0.15) is 38.5 Å². The van der Waals surface area contributed by atoms with E-state index in [1.807, 2.05) is 4.90 Å². The van der Waals surface area contributed by atoms with E-state index in [2.05, 4.69) is 4.72 Å². The monoisotopic (exact) mass is 300 g/mol. The largest absolute Gasteiger partial charge is 0.338 e. The van der Waals surface area contributed by atoms with E-state index in [1.165, 1.54) is 25.5 Å². The SMILES string of the molecule is CS(=O)(=O)NCC1CCCCN1C(=O)C1C2CCCC21. The van der Waals surface area contributed by atoms with Gasteiger partial charge in [-0.25, -0.2) is 13.1 Å². The predicted octanol–water partition coefficient (Wildman–Crippen LogP) is 0.963. The Morgan fingerprint density at radius 2 is 1.85 bits per heavy atom. The first-order chi connectivity index (χ1) is 9.47. The van der Waals surface area contributed by atoms with E-state index in [9.17, 15) is 13.2 Å². The summed E-state index contributed by atoms with van der Waals surface area (Å²) in [6.07, 6.45) is 7.91. The molecule has 0 radical (unpaired) electrons. The summed E-state index contributed by atoms with van der Waals surface area (Å²) >= 11 is 0. The van der Waals surface area contributed by atoms with E-state index in [1.54, 1.807) is 0 Å². The summed E-state index contributed by atoms with van der Waals surface area (Å²) in [4.78, 5) is 14.6. The van der Waals surface area contributed by atoms with Gasteiger partial charge < -0.3 is 4.90 Å². The lowest BCUT2D eigenvalue weighted by Crippen LogP contribution is -2.50. The summed E-state index contributed by atoms with van der Waals surface area (Å²) in [6.45, 7) is 1.16. The lowest BCUT2D eigenvalue weighted by molar-refractivity contribution is -0.137. The van der Waals surface area contributed by atoms with Gasteiger partial charge in [-0.2, -0.15) is 0 Å². The molecule has 2 aliphatic carbocycles. The van der Waals surface area contributed by atoms with Crippen LogP contribution in [0.2, 0.25) is 0 Å². The average Bonchev–Trinajstić information content (AvgIpc) is 2.88. The Morgan fingerprint density at radius 1 is 1.15 bits per heavy atom. The van der Waals surface area contributed by atoms with Crippen molar-refractivity contribution >= 4 is 15.9 Å². The Hall–Kier alpha value is -0.620. The molecule has 114 valence electrons. The van der Waals surface area contributed by atoms with Crippen molar-refractivity contribution in [2.75, 3.05) is 19.3 Å². The quantitative estimate of drug-likeness (QED) is 0.841. The normalized spacial score (nSPS) is 36.8. The van der Waals surface area contributed by atoms with Gasteiger partial charge in [-0.3, -0.25) is 4.79 Å². The van der Waals surface area contributed by atoms with Gasteiger partial charge in [0.1, 0.15) is 0 Å². The molecule has 0 aromatic rings. The van der Waals surface area contributed by atoms with Crippen LogP contribution in [0.5, 0.6) is 0 Å². The van der Waals surface area contributed by atoms with Crippen molar-refractivity contribution in [1.82, 2.24) is 9.62 Å². The Morgan fingerprint density at radius 3 is 2.50 bits per heavy atom. The van der Waals surface area contributed by atoms with Crippen LogP contribution in [0, 0.1) is 17.8 Å². The maximum Gasteiger partial charge on any atom is 0.226 e. The van der Waals surface area contributed by atoms with Crippen LogP contribution in [0.15, 0.2) is 0 Å². The van der Waals surface area contributed by atoms with Crippen LogP contribution < -0.4 is 4.72 Å². The van der Waals surface area contributed by atoms with Crippen LogP contribution in [-0.2, 0) is 14.8 Å². The number of piperidine rings is 1. The van der Waals surface area contributed by atoms with Crippen molar-refractivity contribution in [2.45, 2.75) is 44.6 Å². The third-order valence-electron chi connectivity index (χ3n) is 5.18. The molecular weight excluding hydrogens is 276 g/mol. The zero-order valence-corrected chi connectivity index (χ0v) is 12.9. The van der Waals surface area contributed by atoms with Gasteiger partial charge in [-0.05, 0) is 43.9 Å². The summed E-state index contributed by atoms with van der Waals surface area (Å²) in [7, 11) is -3.18. The van der Waals surface area contributed by atoms with Gasteiger partial charge in [0, 0.05) is 25.0 Å². The molecule has 20 heavy (non-hydrogen) atoms. The Kier molecular flexibility index (Phi) is 3.79. The zero-order chi connectivity index (χ0) is 14.3. The van der Waals surface area contributed by atoms with Gasteiger partial charge in [-0.1, -0.05) is 6.42 Å². The fraction of sp³-hybridized carbons (Fsp3) is 0.929. The fourth-order valence-corrected chi connectivity index (χ4v) is 4.62. The Balaban J connectivity index is 1.61. The van der Waals surface area contributed by atoms with E-state index in [0.717, 1.165) is 25.8 Å². The lowest BCUT2D eigenvalue weighted by atomic mass is 10.0. The minimum absolute atomic E-state index is 0.0484. The maximum absolute atomic E-state index is 12.7. The van der Waals surface area contributed by atoms with Crippen molar-refractivity contribution in [3.05, 3.63) is 0 Å². The number of nitrogens with zero attached hydrogens (tertiary/aromatic N) is 1. The smallest absolute Gasteiger partial charge is 0.226 e. The predicted molar refractivity (Wildman–Crippen MR) is 76.5 cm³/mol. The van der Waals surface area contributed by atoms with Crippen LogP contribution >= 0.6 is 0 Å². The Bertz CT molecular complexity index is 481. The molecule has 1 heterocycles. The number of hydrogen-bond acceptors (Lipinski definition) is 3. The van der Waals surface area contributed by atoms with E-state index < -0.39 is 10.0 Å². The highest BCUT2D eigenvalue weighted by Gasteiger charge is 2.57. The molecule has 1 aliphatic heterocycles. The number of nitrogens with one attached hydrogen (secondary N) is 1. The van der Waals surface area contributed by atoms with E-state index in [-0.39, 0.29) is 12.0 Å². The first-order valence-corrected chi connectivity index (χ1v) is 9.61. The van der Waals surface area contributed by atoms with Crippen LogP contribution in [-0.4, -0.2) is 44.6 Å². The molecule has 2 saturated carbocycles. The third kappa shape index (κ3) is 2.86. The number of carbonyl (C=O) groups is 1. The van der Waals surface area contributed by atoms with E-state index in [0.29, 0.717) is 24.3 Å². The molecule has 5 nitrogen and oxygen atoms in total. The maximum atomic E-state index is 12.7. The third-order valence-corrected chi connectivity index (χ3v) is 5.87. The number of carbonyl (C=O) groups excluding carboxylic acids is 1. The highest BCUT2D eigenvalue weighted by Crippen LogP contribution is 2.58. The van der Waals surface area contributed by atoms with Gasteiger partial charge in [-0.15, -0.1) is 0 Å². The minimum atomic E-state index is -3.18. The molecule has 3 unspecified atom stereocenters. The molecule has 0 bridgehead atoms. The van der Waals surface area contributed by atoms with Crippen LogP contribution in [0.3, 0.4) is 0 Å². The number of likely N-dealkylation sites (tertiary alicyclic amines) is 1. The molecule has 3 fully saturated rings. The number of hydrogen-bond donors (Lipinski definition) is 1. The van der Waals surface area contributed by atoms with Gasteiger partial charge in [0.15, 0.2) is 0 Å². The first kappa shape index (κ1) is 14.3. The highest BCUT2D eigenvalue weighted by molar-refractivity contribution is 7.88. The van der Waals surface area contributed by atoms with Crippen molar-refractivity contribution in [1.29, 1.82) is 0 Å². The van der Waals surface area contributed by atoms with Gasteiger partial charge in [0.25, 0.3) is 0 Å².